The topological polar surface area (TPSA) is 98.8 Å². The van der Waals surface area contributed by atoms with E-state index in [-0.39, 0.29) is 6.42 Å². The second kappa shape index (κ2) is 10.2. The molecule has 0 radical (unpaired) electrons. The average Bonchev–Trinajstić information content (AvgIpc) is 3.62. The molecule has 2 aromatic rings. The quantitative estimate of drug-likeness (QED) is 0.397. The summed E-state index contributed by atoms with van der Waals surface area (Å²) >= 11 is 0. The molecule has 3 aliphatic rings. The molecule has 1 aliphatic heterocycles. The van der Waals surface area contributed by atoms with Crippen molar-refractivity contribution in [2.75, 3.05) is 18.9 Å². The van der Waals surface area contributed by atoms with Crippen LogP contribution in [0.3, 0.4) is 0 Å². The van der Waals surface area contributed by atoms with Crippen LogP contribution in [-0.4, -0.2) is 59.4 Å². The van der Waals surface area contributed by atoms with Gasteiger partial charge in [0.1, 0.15) is 18.4 Å². The van der Waals surface area contributed by atoms with E-state index >= 15 is 0 Å². The van der Waals surface area contributed by atoms with E-state index < -0.39 is 66.2 Å². The summed E-state index contributed by atoms with van der Waals surface area (Å²) in [5.41, 5.74) is 0.976. The maximum atomic E-state index is 14.2. The molecule has 12 heteroatoms. The van der Waals surface area contributed by atoms with Crippen molar-refractivity contribution in [3.05, 3.63) is 65.0 Å². The Kier molecular flexibility index (Phi) is 7.05. The van der Waals surface area contributed by atoms with Crippen LogP contribution in [0.2, 0.25) is 0 Å². The van der Waals surface area contributed by atoms with Crippen LogP contribution in [0, 0.1) is 11.7 Å². The van der Waals surface area contributed by atoms with Crippen LogP contribution in [-0.2, 0) is 32.8 Å². The Labute approximate surface area is 227 Å². The number of carbonyl (C=O) groups is 4. The lowest BCUT2D eigenvalue weighted by molar-refractivity contribution is -0.196. The highest BCUT2D eigenvalue weighted by Crippen LogP contribution is 2.48. The smallest absolute Gasteiger partial charge is 0.341 e. The molecule has 5 rings (SSSR count). The fraction of sp³-hybridized carbons (Fsp3) is 0.429. The zero-order chi connectivity index (χ0) is 28.8. The van der Waals surface area contributed by atoms with Gasteiger partial charge in [-0.2, -0.15) is 13.2 Å². The van der Waals surface area contributed by atoms with E-state index in [0.29, 0.717) is 47.4 Å². The number of rotatable bonds is 7. The van der Waals surface area contributed by atoms with Crippen LogP contribution in [0.5, 0.6) is 0 Å². The van der Waals surface area contributed by atoms with Crippen LogP contribution in [0.15, 0.2) is 42.5 Å². The van der Waals surface area contributed by atoms with Crippen molar-refractivity contribution in [1.82, 2.24) is 15.1 Å². The summed E-state index contributed by atoms with van der Waals surface area (Å²) in [6.07, 6.45) is -3.56. The zero-order valence-corrected chi connectivity index (χ0v) is 21.7. The average molecular weight is 561 g/mol. The third-order valence-corrected chi connectivity index (χ3v) is 7.96. The Morgan fingerprint density at radius 2 is 1.82 bits per heavy atom. The highest BCUT2D eigenvalue weighted by molar-refractivity contribution is 6.11. The SMILES string of the molecule is CNC(=O)Nc1ccc2c(c1)CC[C@]21CC(=O)N(CC(=O)N(Cc2ccc(F)cc2)C(C2CC2)C(F)(F)F)C1=O. The molecular weight excluding hydrogens is 532 g/mol. The molecule has 1 unspecified atom stereocenters. The molecule has 2 N–H and O–H groups in total. The zero-order valence-electron chi connectivity index (χ0n) is 21.7. The highest BCUT2D eigenvalue weighted by Gasteiger charge is 2.57. The van der Waals surface area contributed by atoms with Gasteiger partial charge in [-0.15, -0.1) is 0 Å². The lowest BCUT2D eigenvalue weighted by atomic mass is 9.80. The number of nitrogens with one attached hydrogen (secondary N) is 2. The number of anilines is 1. The largest absolute Gasteiger partial charge is 0.409 e. The summed E-state index contributed by atoms with van der Waals surface area (Å²) in [7, 11) is 1.47. The number of halogens is 4. The Bertz CT molecular complexity index is 1360. The number of carbonyl (C=O) groups excluding carboxylic acids is 4. The molecule has 1 saturated heterocycles. The van der Waals surface area contributed by atoms with Gasteiger partial charge in [0.15, 0.2) is 0 Å². The third kappa shape index (κ3) is 5.14. The van der Waals surface area contributed by atoms with Crippen molar-refractivity contribution in [1.29, 1.82) is 0 Å². The number of amides is 5. The standard InChI is InChI=1S/C28H28F4N4O4/c1-33-26(40)34-20-8-9-21-18(12-20)10-11-27(21)13-22(37)36(25(27)39)15-23(38)35(14-16-2-6-19(29)7-3-16)24(17-4-5-17)28(30,31)32/h2-3,6-9,12,17,24H,4-5,10-11,13-15H2,1H3,(H2,33,34,40)/t24?,27-/m0/s1. The molecule has 0 bridgehead atoms. The second-order valence-electron chi connectivity index (χ2n) is 10.6. The predicted octanol–water partition coefficient (Wildman–Crippen LogP) is 3.89. The molecule has 8 nitrogen and oxygen atoms in total. The van der Waals surface area contributed by atoms with Gasteiger partial charge < -0.3 is 15.5 Å². The molecule has 5 amide bonds. The van der Waals surface area contributed by atoms with Gasteiger partial charge in [0.05, 0.1) is 5.41 Å². The van der Waals surface area contributed by atoms with Crippen molar-refractivity contribution < 1.29 is 36.7 Å². The summed E-state index contributed by atoms with van der Waals surface area (Å²) in [4.78, 5) is 53.3. The number of benzene rings is 2. The minimum Gasteiger partial charge on any atom is -0.341 e. The fourth-order valence-electron chi connectivity index (χ4n) is 5.85. The van der Waals surface area contributed by atoms with E-state index in [1.54, 1.807) is 18.2 Å². The highest BCUT2D eigenvalue weighted by atomic mass is 19.4. The molecule has 0 aromatic heterocycles. The first-order valence-electron chi connectivity index (χ1n) is 13.0. The second-order valence-corrected chi connectivity index (χ2v) is 10.6. The van der Waals surface area contributed by atoms with Gasteiger partial charge in [0.25, 0.3) is 0 Å². The van der Waals surface area contributed by atoms with Gasteiger partial charge in [0, 0.05) is 25.7 Å². The predicted molar refractivity (Wildman–Crippen MR) is 135 cm³/mol. The van der Waals surface area contributed by atoms with Crippen molar-refractivity contribution in [3.8, 4) is 0 Å². The number of aryl methyl sites for hydroxylation is 1. The number of fused-ring (bicyclic) bond motifs is 2. The van der Waals surface area contributed by atoms with Crippen LogP contribution in [0.1, 0.15) is 42.4 Å². The third-order valence-electron chi connectivity index (χ3n) is 7.96. The van der Waals surface area contributed by atoms with Gasteiger partial charge in [-0.05, 0) is 72.6 Å². The number of likely N-dealkylation sites (tertiary alicyclic amines) is 1. The maximum Gasteiger partial charge on any atom is 0.409 e. The number of hydrogen-bond donors (Lipinski definition) is 2. The van der Waals surface area contributed by atoms with Crippen LogP contribution >= 0.6 is 0 Å². The summed E-state index contributed by atoms with van der Waals surface area (Å²) in [6, 6.07) is 7.31. The van der Waals surface area contributed by atoms with Gasteiger partial charge in [-0.1, -0.05) is 18.2 Å². The van der Waals surface area contributed by atoms with E-state index in [1.165, 1.54) is 19.2 Å². The molecule has 2 aromatic carbocycles. The fourth-order valence-corrected chi connectivity index (χ4v) is 5.85. The monoisotopic (exact) mass is 560 g/mol. The van der Waals surface area contributed by atoms with E-state index in [4.69, 9.17) is 0 Å². The van der Waals surface area contributed by atoms with Gasteiger partial charge in [-0.3, -0.25) is 19.3 Å². The summed E-state index contributed by atoms with van der Waals surface area (Å²) in [6.45, 7) is -1.25. The molecule has 1 heterocycles. The normalized spacial score (nSPS) is 21.0. The Morgan fingerprint density at radius 1 is 1.12 bits per heavy atom. The summed E-state index contributed by atoms with van der Waals surface area (Å²) in [5.74, 6) is -3.59. The van der Waals surface area contributed by atoms with E-state index in [0.717, 1.165) is 22.6 Å². The first-order valence-corrected chi connectivity index (χ1v) is 13.0. The minimum absolute atomic E-state index is 0.197. The molecule has 2 atom stereocenters. The van der Waals surface area contributed by atoms with E-state index in [1.807, 2.05) is 0 Å². The Morgan fingerprint density at radius 3 is 2.45 bits per heavy atom. The molecule has 40 heavy (non-hydrogen) atoms. The number of alkyl halides is 3. The van der Waals surface area contributed by atoms with Crippen molar-refractivity contribution in [2.45, 2.75) is 56.3 Å². The lowest BCUT2D eigenvalue weighted by Crippen LogP contribution is -2.53. The number of urea groups is 1. The molecule has 2 fully saturated rings. The molecule has 1 spiro atoms. The number of hydrogen-bond acceptors (Lipinski definition) is 4. The van der Waals surface area contributed by atoms with Crippen LogP contribution in [0.25, 0.3) is 0 Å². The van der Waals surface area contributed by atoms with Crippen molar-refractivity contribution in [2.24, 2.45) is 5.92 Å². The van der Waals surface area contributed by atoms with Crippen LogP contribution < -0.4 is 10.6 Å². The van der Waals surface area contributed by atoms with Crippen molar-refractivity contribution in [3.63, 3.8) is 0 Å². The molecule has 2 aliphatic carbocycles. The molecule has 1 saturated carbocycles. The van der Waals surface area contributed by atoms with E-state index in [2.05, 4.69) is 10.6 Å². The lowest BCUT2D eigenvalue weighted by Gasteiger charge is -2.34. The number of nitrogens with zero attached hydrogens (tertiary/aromatic N) is 2. The maximum absolute atomic E-state index is 14.2. The van der Waals surface area contributed by atoms with Gasteiger partial charge in [0.2, 0.25) is 17.7 Å². The minimum atomic E-state index is -4.72. The number of imide groups is 1. The van der Waals surface area contributed by atoms with Gasteiger partial charge in [-0.25, -0.2) is 9.18 Å². The Hall–Kier alpha value is -3.96. The summed E-state index contributed by atoms with van der Waals surface area (Å²) < 4.78 is 55.9. The van der Waals surface area contributed by atoms with Crippen molar-refractivity contribution >= 4 is 29.4 Å². The summed E-state index contributed by atoms with van der Waals surface area (Å²) in [5, 5.41) is 5.10. The Balaban J connectivity index is 1.39. The molecule has 212 valence electrons. The molecular formula is C28H28F4N4O4. The van der Waals surface area contributed by atoms with Crippen LogP contribution in [0.4, 0.5) is 28.0 Å². The first-order chi connectivity index (χ1) is 18.9. The van der Waals surface area contributed by atoms with E-state index in [9.17, 15) is 36.7 Å². The first kappa shape index (κ1) is 27.6. The van der Waals surface area contributed by atoms with Gasteiger partial charge >= 0.3 is 12.2 Å².